The van der Waals surface area contributed by atoms with E-state index < -0.39 is 0 Å². The molecule has 2 aliphatic rings. The number of rotatable bonds is 9. The van der Waals surface area contributed by atoms with Crippen molar-refractivity contribution < 1.29 is 0 Å². The molecule has 0 nitrogen and oxygen atoms in total. The van der Waals surface area contributed by atoms with Crippen LogP contribution in [0.2, 0.25) is 0 Å². The number of hydrogen-bond donors (Lipinski definition) is 0. The van der Waals surface area contributed by atoms with E-state index in [1.54, 1.807) is 0 Å². The summed E-state index contributed by atoms with van der Waals surface area (Å²) in [5.74, 6) is 4.22. The fourth-order valence-electron chi connectivity index (χ4n) is 5.19. The van der Waals surface area contributed by atoms with Gasteiger partial charge >= 0.3 is 0 Å². The molecule has 21 heavy (non-hydrogen) atoms. The smallest absolute Gasteiger partial charge is 0.0386 e. The molecule has 2 aliphatic carbocycles. The van der Waals surface area contributed by atoms with Gasteiger partial charge in [0.15, 0.2) is 0 Å². The molecule has 2 fully saturated rings. The first-order valence-electron chi connectivity index (χ1n) is 10.3. The van der Waals surface area contributed by atoms with Gasteiger partial charge in [-0.15, -0.1) is 0 Å². The Balaban J connectivity index is 1.53. The maximum Gasteiger partial charge on any atom is -0.0386 e. The third-order valence-corrected chi connectivity index (χ3v) is 6.78. The standard InChI is InChI=1S/C21H40/c1-3-19(21-16-8-5-9-17-21)13-7-4-6-12-18(2)20-14-10-11-15-20/h18-21H,3-17H2,1-2H3. The zero-order chi connectivity index (χ0) is 14.9. The van der Waals surface area contributed by atoms with Gasteiger partial charge in [0, 0.05) is 0 Å². The second kappa shape index (κ2) is 9.90. The lowest BCUT2D eigenvalue weighted by Crippen LogP contribution is -2.17. The molecule has 0 aromatic carbocycles. The molecule has 0 N–H and O–H groups in total. The van der Waals surface area contributed by atoms with Crippen LogP contribution in [0, 0.1) is 23.7 Å². The van der Waals surface area contributed by atoms with Crippen molar-refractivity contribution in [1.29, 1.82) is 0 Å². The van der Waals surface area contributed by atoms with E-state index in [0.717, 1.165) is 23.7 Å². The Bertz CT molecular complexity index is 245. The van der Waals surface area contributed by atoms with E-state index in [0.29, 0.717) is 0 Å². The number of unbranched alkanes of at least 4 members (excludes halogenated alkanes) is 2. The molecule has 0 heteroatoms. The van der Waals surface area contributed by atoms with Crippen molar-refractivity contribution in [2.45, 2.75) is 110 Å². The molecule has 0 aliphatic heterocycles. The van der Waals surface area contributed by atoms with E-state index in [1.165, 1.54) is 96.3 Å². The normalized spacial score (nSPS) is 24.3. The van der Waals surface area contributed by atoms with Crippen molar-refractivity contribution in [1.82, 2.24) is 0 Å². The van der Waals surface area contributed by atoms with Gasteiger partial charge in [-0.05, 0) is 23.7 Å². The van der Waals surface area contributed by atoms with Gasteiger partial charge < -0.3 is 0 Å². The molecular weight excluding hydrogens is 252 g/mol. The minimum absolute atomic E-state index is 1.01. The molecule has 0 aromatic rings. The second-order valence-corrected chi connectivity index (χ2v) is 8.23. The molecule has 2 saturated carbocycles. The monoisotopic (exact) mass is 292 g/mol. The molecule has 0 aromatic heterocycles. The summed E-state index contributed by atoms with van der Waals surface area (Å²) in [5.41, 5.74) is 0. The summed E-state index contributed by atoms with van der Waals surface area (Å²) in [6, 6.07) is 0. The lowest BCUT2D eigenvalue weighted by Gasteiger charge is -2.29. The predicted molar refractivity (Wildman–Crippen MR) is 94.6 cm³/mol. The van der Waals surface area contributed by atoms with Gasteiger partial charge in [0.1, 0.15) is 0 Å². The lowest BCUT2D eigenvalue weighted by atomic mass is 9.76. The maximum absolute atomic E-state index is 2.52. The van der Waals surface area contributed by atoms with Crippen LogP contribution < -0.4 is 0 Å². The zero-order valence-corrected chi connectivity index (χ0v) is 14.9. The van der Waals surface area contributed by atoms with Crippen LogP contribution in [0.25, 0.3) is 0 Å². The Kier molecular flexibility index (Phi) is 8.19. The molecule has 2 atom stereocenters. The fourth-order valence-corrected chi connectivity index (χ4v) is 5.19. The highest BCUT2D eigenvalue weighted by Gasteiger charge is 2.22. The molecule has 0 saturated heterocycles. The van der Waals surface area contributed by atoms with E-state index in [4.69, 9.17) is 0 Å². The van der Waals surface area contributed by atoms with Crippen molar-refractivity contribution in [3.63, 3.8) is 0 Å². The quantitative estimate of drug-likeness (QED) is 0.389. The summed E-state index contributed by atoms with van der Waals surface area (Å²) in [5, 5.41) is 0. The minimum Gasteiger partial charge on any atom is -0.0651 e. The molecule has 0 radical (unpaired) electrons. The number of hydrogen-bond acceptors (Lipinski definition) is 0. The molecule has 0 spiro atoms. The molecule has 0 bridgehead atoms. The molecule has 0 amide bonds. The molecule has 2 unspecified atom stereocenters. The molecular formula is C21H40. The van der Waals surface area contributed by atoms with Crippen molar-refractivity contribution >= 4 is 0 Å². The third-order valence-electron chi connectivity index (χ3n) is 6.78. The fraction of sp³-hybridized carbons (Fsp3) is 1.00. The minimum atomic E-state index is 1.01. The van der Waals surface area contributed by atoms with Crippen LogP contribution in [0.5, 0.6) is 0 Å². The highest BCUT2D eigenvalue weighted by Crippen LogP contribution is 2.36. The molecule has 0 heterocycles. The third kappa shape index (κ3) is 5.95. The van der Waals surface area contributed by atoms with E-state index in [9.17, 15) is 0 Å². The SMILES string of the molecule is CCC(CCCCCC(C)C1CCCC1)C1CCCCC1. The summed E-state index contributed by atoms with van der Waals surface area (Å²) >= 11 is 0. The first-order valence-corrected chi connectivity index (χ1v) is 10.3. The van der Waals surface area contributed by atoms with Gasteiger partial charge in [-0.25, -0.2) is 0 Å². The summed E-state index contributed by atoms with van der Waals surface area (Å²) in [7, 11) is 0. The molecule has 124 valence electrons. The van der Waals surface area contributed by atoms with Gasteiger partial charge in [-0.1, -0.05) is 110 Å². The maximum atomic E-state index is 2.52. The summed E-state index contributed by atoms with van der Waals surface area (Å²) < 4.78 is 0. The first kappa shape index (κ1) is 17.4. The van der Waals surface area contributed by atoms with Gasteiger partial charge in [0.2, 0.25) is 0 Å². The Morgan fingerprint density at radius 3 is 1.95 bits per heavy atom. The summed E-state index contributed by atoms with van der Waals surface area (Å²) in [6.45, 7) is 4.95. The largest absolute Gasteiger partial charge is 0.0651 e. The molecule has 2 rings (SSSR count). The van der Waals surface area contributed by atoms with Crippen molar-refractivity contribution in [2.75, 3.05) is 0 Å². The van der Waals surface area contributed by atoms with Crippen LogP contribution in [-0.4, -0.2) is 0 Å². The van der Waals surface area contributed by atoms with Crippen LogP contribution in [0.1, 0.15) is 110 Å². The van der Waals surface area contributed by atoms with E-state index in [2.05, 4.69) is 13.8 Å². The van der Waals surface area contributed by atoms with Gasteiger partial charge in [-0.2, -0.15) is 0 Å². The van der Waals surface area contributed by atoms with Crippen LogP contribution in [0.4, 0.5) is 0 Å². The van der Waals surface area contributed by atoms with Crippen LogP contribution in [0.3, 0.4) is 0 Å². The van der Waals surface area contributed by atoms with Crippen molar-refractivity contribution in [2.24, 2.45) is 23.7 Å². The second-order valence-electron chi connectivity index (χ2n) is 8.23. The Morgan fingerprint density at radius 1 is 0.714 bits per heavy atom. The predicted octanol–water partition coefficient (Wildman–Crippen LogP) is 7.37. The van der Waals surface area contributed by atoms with Crippen LogP contribution in [0.15, 0.2) is 0 Å². The Morgan fingerprint density at radius 2 is 1.29 bits per heavy atom. The van der Waals surface area contributed by atoms with Gasteiger partial charge in [0.25, 0.3) is 0 Å². The van der Waals surface area contributed by atoms with Crippen LogP contribution in [-0.2, 0) is 0 Å². The first-order chi connectivity index (χ1) is 10.3. The van der Waals surface area contributed by atoms with E-state index >= 15 is 0 Å². The summed E-state index contributed by atoms with van der Waals surface area (Å²) in [4.78, 5) is 0. The van der Waals surface area contributed by atoms with Gasteiger partial charge in [0.05, 0.1) is 0 Å². The highest BCUT2D eigenvalue weighted by atomic mass is 14.3. The van der Waals surface area contributed by atoms with E-state index in [-0.39, 0.29) is 0 Å². The average molecular weight is 293 g/mol. The average Bonchev–Trinajstić information content (AvgIpc) is 3.06. The van der Waals surface area contributed by atoms with E-state index in [1.807, 2.05) is 0 Å². The van der Waals surface area contributed by atoms with Crippen molar-refractivity contribution in [3.8, 4) is 0 Å². The highest BCUT2D eigenvalue weighted by molar-refractivity contribution is 4.74. The Hall–Kier alpha value is 0. The van der Waals surface area contributed by atoms with Crippen molar-refractivity contribution in [3.05, 3.63) is 0 Å². The van der Waals surface area contributed by atoms with Crippen LogP contribution >= 0.6 is 0 Å². The summed E-state index contributed by atoms with van der Waals surface area (Å²) in [6.07, 6.45) is 22.7. The Labute approximate surface area is 134 Å². The van der Waals surface area contributed by atoms with Gasteiger partial charge in [-0.3, -0.25) is 0 Å². The lowest BCUT2D eigenvalue weighted by molar-refractivity contribution is 0.224. The topological polar surface area (TPSA) is 0 Å². The zero-order valence-electron chi connectivity index (χ0n) is 14.9.